The molecule has 1 fully saturated rings. The molecule has 112 valence electrons. The van der Waals surface area contributed by atoms with Gasteiger partial charge in [-0.25, -0.2) is 0 Å². The first-order valence-electron chi connectivity index (χ1n) is 7.38. The first-order valence-corrected chi connectivity index (χ1v) is 8.17. The zero-order chi connectivity index (χ0) is 14.4. The largest absolute Gasteiger partial charge is 0.377 e. The fourth-order valence-corrected chi connectivity index (χ4v) is 2.57. The summed E-state index contributed by atoms with van der Waals surface area (Å²) in [4.78, 5) is 2.18. The van der Waals surface area contributed by atoms with Crippen molar-refractivity contribution in [3.63, 3.8) is 0 Å². The number of nitrogens with zero attached hydrogens (tertiary/aromatic N) is 1. The maximum absolute atomic E-state index is 5.73. The highest BCUT2D eigenvalue weighted by atomic mass is 79.9. The average molecular weight is 341 g/mol. The van der Waals surface area contributed by atoms with Gasteiger partial charge in [0.15, 0.2) is 0 Å². The van der Waals surface area contributed by atoms with Gasteiger partial charge in [-0.05, 0) is 57.1 Å². The Morgan fingerprint density at radius 2 is 2.15 bits per heavy atom. The van der Waals surface area contributed by atoms with Crippen LogP contribution in [0.25, 0.3) is 0 Å². The molecule has 0 spiro atoms. The molecule has 20 heavy (non-hydrogen) atoms. The summed E-state index contributed by atoms with van der Waals surface area (Å²) >= 11 is 3.65. The van der Waals surface area contributed by atoms with Crippen LogP contribution in [0.2, 0.25) is 0 Å². The summed E-state index contributed by atoms with van der Waals surface area (Å²) in [5, 5.41) is 3.53. The van der Waals surface area contributed by atoms with E-state index in [4.69, 9.17) is 4.74 Å². The Morgan fingerprint density at radius 1 is 1.35 bits per heavy atom. The van der Waals surface area contributed by atoms with Crippen LogP contribution in [0.4, 0.5) is 0 Å². The maximum atomic E-state index is 5.73. The molecule has 0 heterocycles. The minimum Gasteiger partial charge on any atom is -0.377 e. The van der Waals surface area contributed by atoms with Crippen LogP contribution in [0.1, 0.15) is 30.4 Å². The predicted molar refractivity (Wildman–Crippen MR) is 86.8 cm³/mol. The van der Waals surface area contributed by atoms with E-state index in [9.17, 15) is 0 Å². The number of hydrogen-bond acceptors (Lipinski definition) is 3. The summed E-state index contributed by atoms with van der Waals surface area (Å²) in [6, 6.07) is 7.32. The van der Waals surface area contributed by atoms with Gasteiger partial charge in [0.25, 0.3) is 0 Å². The summed E-state index contributed by atoms with van der Waals surface area (Å²) in [7, 11) is 4.18. The Kier molecular flexibility index (Phi) is 6.49. The van der Waals surface area contributed by atoms with Gasteiger partial charge in [0.2, 0.25) is 0 Å². The molecule has 0 bridgehead atoms. The fraction of sp³-hybridized carbons (Fsp3) is 0.625. The van der Waals surface area contributed by atoms with Gasteiger partial charge < -0.3 is 15.0 Å². The highest BCUT2D eigenvalue weighted by Gasteiger charge is 2.19. The normalized spacial score (nSPS) is 15.0. The van der Waals surface area contributed by atoms with Crippen LogP contribution < -0.4 is 5.32 Å². The van der Waals surface area contributed by atoms with E-state index in [1.807, 2.05) is 0 Å². The second kappa shape index (κ2) is 8.13. The summed E-state index contributed by atoms with van der Waals surface area (Å²) in [6.45, 7) is 3.54. The van der Waals surface area contributed by atoms with Crippen molar-refractivity contribution >= 4 is 15.9 Å². The van der Waals surface area contributed by atoms with E-state index in [1.165, 1.54) is 24.0 Å². The molecule has 1 aromatic rings. The van der Waals surface area contributed by atoms with Gasteiger partial charge in [-0.1, -0.05) is 28.1 Å². The van der Waals surface area contributed by atoms with Crippen molar-refractivity contribution in [2.75, 3.05) is 27.2 Å². The van der Waals surface area contributed by atoms with Crippen LogP contribution in [0.3, 0.4) is 0 Å². The molecule has 0 amide bonds. The van der Waals surface area contributed by atoms with E-state index in [2.05, 4.69) is 58.4 Å². The van der Waals surface area contributed by atoms with Crippen LogP contribution in [0, 0.1) is 0 Å². The minimum atomic E-state index is 0.685. The molecule has 0 saturated heterocycles. The van der Waals surface area contributed by atoms with Crippen molar-refractivity contribution in [2.24, 2.45) is 0 Å². The van der Waals surface area contributed by atoms with Gasteiger partial charge >= 0.3 is 0 Å². The van der Waals surface area contributed by atoms with Crippen molar-refractivity contribution in [3.05, 3.63) is 33.8 Å². The van der Waals surface area contributed by atoms with E-state index in [1.54, 1.807) is 0 Å². The van der Waals surface area contributed by atoms with Crippen LogP contribution >= 0.6 is 15.9 Å². The van der Waals surface area contributed by atoms with Gasteiger partial charge in [-0.3, -0.25) is 0 Å². The molecule has 0 atom stereocenters. The van der Waals surface area contributed by atoms with Gasteiger partial charge in [-0.2, -0.15) is 0 Å². The Morgan fingerprint density at radius 3 is 2.80 bits per heavy atom. The van der Waals surface area contributed by atoms with Gasteiger partial charge in [0, 0.05) is 23.7 Å². The second-order valence-corrected chi connectivity index (χ2v) is 6.64. The first-order chi connectivity index (χ1) is 9.65. The van der Waals surface area contributed by atoms with E-state index in [0.29, 0.717) is 6.61 Å². The second-order valence-electron chi connectivity index (χ2n) is 5.79. The number of benzene rings is 1. The maximum Gasteiger partial charge on any atom is 0.0727 e. The molecule has 0 radical (unpaired) electrons. The van der Waals surface area contributed by atoms with Crippen molar-refractivity contribution in [2.45, 2.75) is 38.5 Å². The lowest BCUT2D eigenvalue weighted by atomic mass is 10.1. The van der Waals surface area contributed by atoms with E-state index in [0.717, 1.165) is 36.6 Å². The molecule has 2 rings (SSSR count). The lowest BCUT2D eigenvalue weighted by Crippen LogP contribution is -2.15. The zero-order valence-electron chi connectivity index (χ0n) is 12.5. The van der Waals surface area contributed by atoms with E-state index >= 15 is 0 Å². The number of hydrogen-bond donors (Lipinski definition) is 1. The van der Waals surface area contributed by atoms with Crippen LogP contribution in [-0.4, -0.2) is 38.2 Å². The summed E-state index contributed by atoms with van der Waals surface area (Å²) in [5.41, 5.74) is 2.56. The molecule has 1 N–H and O–H groups in total. The molecule has 1 aliphatic carbocycles. The Hall–Kier alpha value is -0.420. The van der Waals surface area contributed by atoms with Gasteiger partial charge in [0.1, 0.15) is 0 Å². The van der Waals surface area contributed by atoms with Crippen LogP contribution in [0.15, 0.2) is 22.7 Å². The standard InChI is InChI=1S/C16H25BrN2O/c1-19(2)8-3-9-20-12-14-5-4-13(10-16(14)17)11-18-15-6-7-15/h4-5,10,15,18H,3,6-9,11-12H2,1-2H3. The topological polar surface area (TPSA) is 24.5 Å². The Labute approximate surface area is 130 Å². The highest BCUT2D eigenvalue weighted by Crippen LogP contribution is 2.22. The molecule has 1 aromatic carbocycles. The van der Waals surface area contributed by atoms with Gasteiger partial charge in [0.05, 0.1) is 6.61 Å². The summed E-state index contributed by atoms with van der Waals surface area (Å²) < 4.78 is 6.88. The number of rotatable bonds is 9. The highest BCUT2D eigenvalue weighted by molar-refractivity contribution is 9.10. The SMILES string of the molecule is CN(C)CCCOCc1ccc(CNC2CC2)cc1Br. The quantitative estimate of drug-likeness (QED) is 0.699. The molecule has 0 aliphatic heterocycles. The van der Waals surface area contributed by atoms with Crippen molar-refractivity contribution in [1.82, 2.24) is 10.2 Å². The lowest BCUT2D eigenvalue weighted by Gasteiger charge is -2.11. The average Bonchev–Trinajstić information content (AvgIpc) is 3.21. The molecule has 0 unspecified atom stereocenters. The molecule has 1 saturated carbocycles. The monoisotopic (exact) mass is 340 g/mol. The third-order valence-corrected chi connectivity index (χ3v) is 4.18. The van der Waals surface area contributed by atoms with Crippen LogP contribution in [0.5, 0.6) is 0 Å². The number of ether oxygens (including phenoxy) is 1. The first kappa shape index (κ1) is 16.0. The molecular weight excluding hydrogens is 316 g/mol. The van der Waals surface area contributed by atoms with E-state index in [-0.39, 0.29) is 0 Å². The predicted octanol–water partition coefficient (Wildman–Crippen LogP) is 3.17. The van der Waals surface area contributed by atoms with Crippen LogP contribution in [-0.2, 0) is 17.9 Å². The smallest absolute Gasteiger partial charge is 0.0727 e. The lowest BCUT2D eigenvalue weighted by molar-refractivity contribution is 0.112. The number of halogens is 1. The fourth-order valence-electron chi connectivity index (χ4n) is 2.03. The van der Waals surface area contributed by atoms with Crippen molar-refractivity contribution in [1.29, 1.82) is 0 Å². The summed E-state index contributed by atoms with van der Waals surface area (Å²) in [5.74, 6) is 0. The minimum absolute atomic E-state index is 0.685. The molecule has 0 aromatic heterocycles. The van der Waals surface area contributed by atoms with Crippen molar-refractivity contribution < 1.29 is 4.74 Å². The summed E-state index contributed by atoms with van der Waals surface area (Å²) in [6.07, 6.45) is 3.74. The molecule has 1 aliphatic rings. The number of nitrogens with one attached hydrogen (secondary N) is 1. The molecular formula is C16H25BrN2O. The van der Waals surface area contributed by atoms with E-state index < -0.39 is 0 Å². The van der Waals surface area contributed by atoms with Crippen molar-refractivity contribution in [3.8, 4) is 0 Å². The van der Waals surface area contributed by atoms with Gasteiger partial charge in [-0.15, -0.1) is 0 Å². The zero-order valence-corrected chi connectivity index (χ0v) is 14.1. The molecule has 4 heteroatoms. The third-order valence-electron chi connectivity index (χ3n) is 3.44. The Bertz CT molecular complexity index is 419. The third kappa shape index (κ3) is 5.92. The molecule has 3 nitrogen and oxygen atoms in total. The Balaban J connectivity index is 1.71.